The van der Waals surface area contributed by atoms with E-state index in [4.69, 9.17) is 10.5 Å². The predicted molar refractivity (Wildman–Crippen MR) is 88.3 cm³/mol. The molecule has 0 radical (unpaired) electrons. The number of aryl methyl sites for hydroxylation is 1. The van der Waals surface area contributed by atoms with Gasteiger partial charge in [0.1, 0.15) is 11.8 Å². The fourth-order valence-electron chi connectivity index (χ4n) is 2.94. The van der Waals surface area contributed by atoms with Crippen molar-refractivity contribution in [1.29, 1.82) is 0 Å². The molecule has 0 aromatic heterocycles. The summed E-state index contributed by atoms with van der Waals surface area (Å²) in [6, 6.07) is 6.80. The van der Waals surface area contributed by atoms with Crippen molar-refractivity contribution in [3.05, 3.63) is 29.8 Å². The molecule has 1 aromatic rings. The monoisotopic (exact) mass is 333 g/mol. The molecule has 1 heterocycles. The van der Waals surface area contributed by atoms with Gasteiger partial charge < -0.3 is 20.3 Å². The Morgan fingerprint density at radius 3 is 2.58 bits per heavy atom. The summed E-state index contributed by atoms with van der Waals surface area (Å²) in [6.45, 7) is 2.28. The van der Waals surface area contributed by atoms with Gasteiger partial charge in [0.15, 0.2) is 0 Å². The maximum absolute atomic E-state index is 12.4. The number of methoxy groups -OCH3 is 1. The molecular formula is C17H23N3O4. The van der Waals surface area contributed by atoms with Crippen LogP contribution in [0.3, 0.4) is 0 Å². The van der Waals surface area contributed by atoms with Crippen LogP contribution in [0.2, 0.25) is 0 Å². The summed E-state index contributed by atoms with van der Waals surface area (Å²) in [6.07, 6.45) is 0.864. The quantitative estimate of drug-likeness (QED) is 0.831. The lowest BCUT2D eigenvalue weighted by Gasteiger charge is -2.39. The molecule has 130 valence electrons. The Hall–Kier alpha value is -2.57. The third kappa shape index (κ3) is 4.04. The SMILES string of the molecule is COc1ccccc1CCC(=O)N1CCN(C(C)=O)[C@H](C(N)=O)C1. The van der Waals surface area contributed by atoms with Gasteiger partial charge in [-0.3, -0.25) is 14.4 Å². The molecule has 24 heavy (non-hydrogen) atoms. The number of hydrogen-bond donors (Lipinski definition) is 1. The van der Waals surface area contributed by atoms with E-state index in [1.165, 1.54) is 11.8 Å². The lowest BCUT2D eigenvalue weighted by molar-refractivity contribution is -0.146. The molecule has 0 aliphatic carbocycles. The van der Waals surface area contributed by atoms with Crippen LogP contribution in [0.15, 0.2) is 24.3 Å². The molecule has 2 rings (SSSR count). The van der Waals surface area contributed by atoms with Crippen LogP contribution in [-0.2, 0) is 20.8 Å². The van der Waals surface area contributed by atoms with E-state index >= 15 is 0 Å². The molecule has 1 saturated heterocycles. The van der Waals surface area contributed by atoms with Crippen LogP contribution in [-0.4, -0.2) is 60.3 Å². The standard InChI is InChI=1S/C17H23N3O4/c1-12(21)20-10-9-19(11-14(20)17(18)23)16(22)8-7-13-5-3-4-6-15(13)24-2/h3-6,14H,7-11H2,1-2H3,(H2,18,23)/t14-/m0/s1. The first-order chi connectivity index (χ1) is 11.4. The molecule has 0 bridgehead atoms. The summed E-state index contributed by atoms with van der Waals surface area (Å²) in [5.74, 6) is -0.107. The van der Waals surface area contributed by atoms with Crippen molar-refractivity contribution in [2.24, 2.45) is 5.73 Å². The average Bonchev–Trinajstić information content (AvgIpc) is 2.59. The fourth-order valence-corrected chi connectivity index (χ4v) is 2.94. The summed E-state index contributed by atoms with van der Waals surface area (Å²) in [5.41, 5.74) is 6.33. The smallest absolute Gasteiger partial charge is 0.242 e. The van der Waals surface area contributed by atoms with E-state index in [0.29, 0.717) is 25.9 Å². The number of benzene rings is 1. The normalized spacial score (nSPS) is 17.5. The summed E-state index contributed by atoms with van der Waals surface area (Å²) < 4.78 is 5.28. The number of ether oxygens (including phenoxy) is 1. The zero-order chi connectivity index (χ0) is 17.7. The van der Waals surface area contributed by atoms with Crippen LogP contribution in [0.25, 0.3) is 0 Å². The van der Waals surface area contributed by atoms with Gasteiger partial charge in [-0.15, -0.1) is 0 Å². The van der Waals surface area contributed by atoms with Gasteiger partial charge in [0.05, 0.1) is 13.7 Å². The lowest BCUT2D eigenvalue weighted by atomic mass is 10.1. The van der Waals surface area contributed by atoms with Gasteiger partial charge in [-0.25, -0.2) is 0 Å². The summed E-state index contributed by atoms with van der Waals surface area (Å²) in [5, 5.41) is 0. The van der Waals surface area contributed by atoms with Crippen molar-refractivity contribution in [3.63, 3.8) is 0 Å². The molecule has 1 atom stereocenters. The first kappa shape index (κ1) is 17.8. The molecule has 1 fully saturated rings. The van der Waals surface area contributed by atoms with Crippen LogP contribution < -0.4 is 10.5 Å². The zero-order valence-corrected chi connectivity index (χ0v) is 14.0. The van der Waals surface area contributed by atoms with Gasteiger partial charge in [0.2, 0.25) is 17.7 Å². The van der Waals surface area contributed by atoms with Crippen LogP contribution >= 0.6 is 0 Å². The average molecular weight is 333 g/mol. The van der Waals surface area contributed by atoms with Crippen LogP contribution in [0.4, 0.5) is 0 Å². The highest BCUT2D eigenvalue weighted by Gasteiger charge is 2.34. The van der Waals surface area contributed by atoms with Crippen molar-refractivity contribution in [3.8, 4) is 5.75 Å². The minimum atomic E-state index is -0.758. The third-order valence-electron chi connectivity index (χ3n) is 4.27. The second-order valence-electron chi connectivity index (χ2n) is 5.78. The van der Waals surface area contributed by atoms with Crippen LogP contribution in [0.5, 0.6) is 5.75 Å². The Labute approximate surface area is 141 Å². The third-order valence-corrected chi connectivity index (χ3v) is 4.27. The first-order valence-corrected chi connectivity index (χ1v) is 7.90. The maximum atomic E-state index is 12.4. The fraction of sp³-hybridized carbons (Fsp3) is 0.471. The molecule has 0 saturated carbocycles. The maximum Gasteiger partial charge on any atom is 0.242 e. The van der Waals surface area contributed by atoms with Crippen molar-refractivity contribution < 1.29 is 19.1 Å². The van der Waals surface area contributed by atoms with E-state index in [1.54, 1.807) is 12.0 Å². The van der Waals surface area contributed by atoms with Gasteiger partial charge in [0, 0.05) is 26.4 Å². The zero-order valence-electron chi connectivity index (χ0n) is 14.0. The number of primary amides is 1. The van der Waals surface area contributed by atoms with Crippen molar-refractivity contribution >= 4 is 17.7 Å². The molecule has 7 nitrogen and oxygen atoms in total. The van der Waals surface area contributed by atoms with E-state index in [1.807, 2.05) is 24.3 Å². The van der Waals surface area contributed by atoms with Crippen molar-refractivity contribution in [2.75, 3.05) is 26.7 Å². The van der Waals surface area contributed by atoms with Crippen LogP contribution in [0, 0.1) is 0 Å². The number of carbonyl (C=O) groups is 3. The van der Waals surface area contributed by atoms with E-state index in [9.17, 15) is 14.4 Å². The number of nitrogens with two attached hydrogens (primary N) is 1. The predicted octanol–water partition coefficient (Wildman–Crippen LogP) is 0.172. The van der Waals surface area contributed by atoms with E-state index in [0.717, 1.165) is 11.3 Å². The van der Waals surface area contributed by atoms with Gasteiger partial charge in [-0.05, 0) is 18.1 Å². The van der Waals surface area contributed by atoms with E-state index in [-0.39, 0.29) is 18.4 Å². The largest absolute Gasteiger partial charge is 0.496 e. The Kier molecular flexibility index (Phi) is 5.78. The van der Waals surface area contributed by atoms with Gasteiger partial charge >= 0.3 is 0 Å². The Morgan fingerprint density at radius 2 is 1.96 bits per heavy atom. The highest BCUT2D eigenvalue weighted by molar-refractivity contribution is 5.87. The summed E-state index contributed by atoms with van der Waals surface area (Å²) >= 11 is 0. The molecule has 7 heteroatoms. The number of para-hydroxylation sites is 1. The minimum absolute atomic E-state index is 0.0599. The van der Waals surface area contributed by atoms with Crippen molar-refractivity contribution in [1.82, 2.24) is 9.80 Å². The second-order valence-corrected chi connectivity index (χ2v) is 5.78. The Balaban J connectivity index is 1.98. The highest BCUT2D eigenvalue weighted by atomic mass is 16.5. The van der Waals surface area contributed by atoms with E-state index < -0.39 is 11.9 Å². The minimum Gasteiger partial charge on any atom is -0.496 e. The lowest BCUT2D eigenvalue weighted by Crippen LogP contribution is -2.60. The summed E-state index contributed by atoms with van der Waals surface area (Å²) in [4.78, 5) is 38.6. The van der Waals surface area contributed by atoms with Gasteiger partial charge in [-0.1, -0.05) is 18.2 Å². The van der Waals surface area contributed by atoms with Gasteiger partial charge in [0.25, 0.3) is 0 Å². The molecule has 3 amide bonds. The number of nitrogens with zero attached hydrogens (tertiary/aromatic N) is 2. The topological polar surface area (TPSA) is 92.9 Å². The van der Waals surface area contributed by atoms with Gasteiger partial charge in [-0.2, -0.15) is 0 Å². The van der Waals surface area contributed by atoms with Crippen molar-refractivity contribution in [2.45, 2.75) is 25.8 Å². The Morgan fingerprint density at radius 1 is 1.25 bits per heavy atom. The number of rotatable bonds is 5. The second kappa shape index (κ2) is 7.81. The molecule has 0 spiro atoms. The molecular weight excluding hydrogens is 310 g/mol. The Bertz CT molecular complexity index is 632. The number of amides is 3. The molecule has 1 aliphatic rings. The number of carbonyl (C=O) groups excluding carboxylic acids is 3. The molecule has 1 aliphatic heterocycles. The molecule has 1 aromatic carbocycles. The highest BCUT2D eigenvalue weighted by Crippen LogP contribution is 2.20. The summed E-state index contributed by atoms with van der Waals surface area (Å²) in [7, 11) is 1.60. The van der Waals surface area contributed by atoms with E-state index in [2.05, 4.69) is 0 Å². The first-order valence-electron chi connectivity index (χ1n) is 7.90. The number of hydrogen-bond acceptors (Lipinski definition) is 4. The number of piperazine rings is 1. The molecule has 0 unspecified atom stereocenters. The molecule has 2 N–H and O–H groups in total. The van der Waals surface area contributed by atoms with Crippen LogP contribution in [0.1, 0.15) is 18.9 Å².